The van der Waals surface area contributed by atoms with E-state index in [4.69, 9.17) is 19.9 Å². The minimum atomic E-state index is -0.191. The SMILES string of the molecule is COCCNC(=O)COc1cc(OC)ccc1CCN. The average Bonchev–Trinajstić information content (AvgIpc) is 2.46. The molecule has 3 N–H and O–H groups in total. The Morgan fingerprint density at radius 2 is 2.15 bits per heavy atom. The van der Waals surface area contributed by atoms with Crippen molar-refractivity contribution in [3.8, 4) is 11.5 Å². The third-order valence-electron chi connectivity index (χ3n) is 2.68. The molecule has 0 bridgehead atoms. The lowest BCUT2D eigenvalue weighted by Gasteiger charge is -2.12. The van der Waals surface area contributed by atoms with Gasteiger partial charge in [0, 0.05) is 19.7 Å². The van der Waals surface area contributed by atoms with E-state index in [0.717, 1.165) is 5.56 Å². The molecule has 20 heavy (non-hydrogen) atoms. The summed E-state index contributed by atoms with van der Waals surface area (Å²) in [5.41, 5.74) is 6.51. The third-order valence-corrected chi connectivity index (χ3v) is 2.68. The zero-order chi connectivity index (χ0) is 14.8. The number of hydrogen-bond acceptors (Lipinski definition) is 5. The van der Waals surface area contributed by atoms with Gasteiger partial charge in [0.05, 0.1) is 13.7 Å². The van der Waals surface area contributed by atoms with Gasteiger partial charge in [-0.1, -0.05) is 6.07 Å². The molecule has 0 atom stereocenters. The van der Waals surface area contributed by atoms with Crippen molar-refractivity contribution in [3.63, 3.8) is 0 Å². The second-order valence-electron chi connectivity index (χ2n) is 4.14. The Morgan fingerprint density at radius 3 is 2.80 bits per heavy atom. The van der Waals surface area contributed by atoms with Crippen LogP contribution in [0.4, 0.5) is 0 Å². The predicted molar refractivity (Wildman–Crippen MR) is 76.1 cm³/mol. The Kier molecular flexibility index (Phi) is 7.46. The monoisotopic (exact) mass is 282 g/mol. The van der Waals surface area contributed by atoms with Gasteiger partial charge >= 0.3 is 0 Å². The average molecular weight is 282 g/mol. The summed E-state index contributed by atoms with van der Waals surface area (Å²) in [5, 5.41) is 2.69. The van der Waals surface area contributed by atoms with Gasteiger partial charge in [-0.2, -0.15) is 0 Å². The Hall–Kier alpha value is -1.79. The van der Waals surface area contributed by atoms with Crippen molar-refractivity contribution in [1.29, 1.82) is 0 Å². The van der Waals surface area contributed by atoms with Crippen LogP contribution in [0.15, 0.2) is 18.2 Å². The molecular formula is C14H22N2O4. The fourth-order valence-corrected chi connectivity index (χ4v) is 1.65. The number of benzene rings is 1. The van der Waals surface area contributed by atoms with Gasteiger partial charge in [-0.3, -0.25) is 4.79 Å². The Labute approximate surface area is 119 Å². The van der Waals surface area contributed by atoms with E-state index in [9.17, 15) is 4.79 Å². The largest absolute Gasteiger partial charge is 0.497 e. The highest BCUT2D eigenvalue weighted by Crippen LogP contribution is 2.25. The zero-order valence-corrected chi connectivity index (χ0v) is 12.0. The van der Waals surface area contributed by atoms with Gasteiger partial charge in [-0.05, 0) is 24.6 Å². The first-order valence-electron chi connectivity index (χ1n) is 6.46. The highest BCUT2D eigenvalue weighted by atomic mass is 16.5. The van der Waals surface area contributed by atoms with Crippen LogP contribution in [0.5, 0.6) is 11.5 Å². The quantitative estimate of drug-likeness (QED) is 0.638. The number of nitrogens with one attached hydrogen (secondary N) is 1. The van der Waals surface area contributed by atoms with Gasteiger partial charge in [0.1, 0.15) is 11.5 Å². The van der Waals surface area contributed by atoms with Crippen LogP contribution in [0.2, 0.25) is 0 Å². The molecule has 0 saturated heterocycles. The normalized spacial score (nSPS) is 10.2. The summed E-state index contributed by atoms with van der Waals surface area (Å²) in [7, 11) is 3.16. The van der Waals surface area contributed by atoms with Crippen LogP contribution < -0.4 is 20.5 Å². The topological polar surface area (TPSA) is 82.8 Å². The summed E-state index contributed by atoms with van der Waals surface area (Å²) in [5.74, 6) is 1.11. The van der Waals surface area contributed by atoms with E-state index < -0.39 is 0 Å². The summed E-state index contributed by atoms with van der Waals surface area (Å²) >= 11 is 0. The summed E-state index contributed by atoms with van der Waals surface area (Å²) < 4.78 is 15.5. The van der Waals surface area contributed by atoms with Crippen molar-refractivity contribution in [2.75, 3.05) is 40.5 Å². The lowest BCUT2D eigenvalue weighted by molar-refractivity contribution is -0.123. The van der Waals surface area contributed by atoms with E-state index in [1.165, 1.54) is 0 Å². The van der Waals surface area contributed by atoms with Gasteiger partial charge in [-0.25, -0.2) is 0 Å². The first kappa shape index (κ1) is 16.3. The third kappa shape index (κ3) is 5.46. The second-order valence-corrected chi connectivity index (χ2v) is 4.14. The highest BCUT2D eigenvalue weighted by molar-refractivity contribution is 5.77. The molecule has 0 aromatic heterocycles. The summed E-state index contributed by atoms with van der Waals surface area (Å²) in [4.78, 5) is 11.6. The highest BCUT2D eigenvalue weighted by Gasteiger charge is 2.08. The lowest BCUT2D eigenvalue weighted by Crippen LogP contribution is -2.31. The van der Waals surface area contributed by atoms with Gasteiger partial charge in [0.2, 0.25) is 0 Å². The molecular weight excluding hydrogens is 260 g/mol. The maximum Gasteiger partial charge on any atom is 0.258 e. The molecule has 0 saturated carbocycles. The Bertz CT molecular complexity index is 424. The zero-order valence-electron chi connectivity index (χ0n) is 12.0. The van der Waals surface area contributed by atoms with Crippen molar-refractivity contribution >= 4 is 5.91 Å². The summed E-state index contributed by atoms with van der Waals surface area (Å²) in [6.07, 6.45) is 0.685. The van der Waals surface area contributed by atoms with Crippen LogP contribution in [0.3, 0.4) is 0 Å². The molecule has 0 unspecified atom stereocenters. The number of carbonyl (C=O) groups is 1. The van der Waals surface area contributed by atoms with Crippen molar-refractivity contribution in [2.24, 2.45) is 5.73 Å². The van der Waals surface area contributed by atoms with Crippen molar-refractivity contribution in [1.82, 2.24) is 5.32 Å². The molecule has 112 valence electrons. The van der Waals surface area contributed by atoms with Crippen molar-refractivity contribution in [3.05, 3.63) is 23.8 Å². The fourth-order valence-electron chi connectivity index (χ4n) is 1.65. The van der Waals surface area contributed by atoms with Gasteiger partial charge in [-0.15, -0.1) is 0 Å². The van der Waals surface area contributed by atoms with E-state index in [1.807, 2.05) is 12.1 Å². The number of rotatable bonds is 9. The molecule has 6 nitrogen and oxygen atoms in total. The van der Waals surface area contributed by atoms with E-state index in [0.29, 0.717) is 37.6 Å². The standard InChI is InChI=1S/C14H22N2O4/c1-18-8-7-16-14(17)10-20-13-9-12(19-2)4-3-11(13)5-6-15/h3-4,9H,5-8,10,15H2,1-2H3,(H,16,17). The van der Waals surface area contributed by atoms with Crippen LogP contribution in [-0.2, 0) is 16.0 Å². The number of methoxy groups -OCH3 is 2. The molecule has 0 aliphatic carbocycles. The minimum Gasteiger partial charge on any atom is -0.497 e. The molecule has 6 heteroatoms. The molecule has 0 aliphatic rings. The Morgan fingerprint density at radius 1 is 1.35 bits per heavy atom. The summed E-state index contributed by atoms with van der Waals surface area (Å²) in [6.45, 7) is 1.41. The number of ether oxygens (including phenoxy) is 3. The lowest BCUT2D eigenvalue weighted by atomic mass is 10.1. The number of nitrogens with two attached hydrogens (primary N) is 1. The molecule has 1 amide bonds. The van der Waals surface area contributed by atoms with Gasteiger partial charge in [0.15, 0.2) is 6.61 Å². The first-order chi connectivity index (χ1) is 9.71. The van der Waals surface area contributed by atoms with E-state index in [2.05, 4.69) is 5.32 Å². The van der Waals surface area contributed by atoms with Gasteiger partial charge in [0.25, 0.3) is 5.91 Å². The second kappa shape index (κ2) is 9.17. The van der Waals surface area contributed by atoms with Crippen molar-refractivity contribution < 1.29 is 19.0 Å². The number of carbonyl (C=O) groups excluding carboxylic acids is 1. The molecule has 0 spiro atoms. The first-order valence-corrected chi connectivity index (χ1v) is 6.46. The molecule has 0 radical (unpaired) electrons. The molecule has 0 aliphatic heterocycles. The Balaban J connectivity index is 2.58. The number of hydrogen-bond donors (Lipinski definition) is 2. The molecule has 1 rings (SSSR count). The molecule has 0 heterocycles. The van der Waals surface area contributed by atoms with E-state index in [-0.39, 0.29) is 12.5 Å². The molecule has 0 fully saturated rings. The van der Waals surface area contributed by atoms with Gasteiger partial charge < -0.3 is 25.3 Å². The van der Waals surface area contributed by atoms with E-state index in [1.54, 1.807) is 20.3 Å². The van der Waals surface area contributed by atoms with Crippen LogP contribution >= 0.6 is 0 Å². The number of amides is 1. The fraction of sp³-hybridized carbons (Fsp3) is 0.500. The smallest absolute Gasteiger partial charge is 0.258 e. The van der Waals surface area contributed by atoms with Crippen LogP contribution in [0.1, 0.15) is 5.56 Å². The summed E-state index contributed by atoms with van der Waals surface area (Å²) in [6, 6.07) is 5.49. The minimum absolute atomic E-state index is 0.0472. The van der Waals surface area contributed by atoms with Crippen LogP contribution in [0, 0.1) is 0 Å². The van der Waals surface area contributed by atoms with Crippen LogP contribution in [-0.4, -0.2) is 46.4 Å². The maximum absolute atomic E-state index is 11.6. The van der Waals surface area contributed by atoms with Crippen molar-refractivity contribution in [2.45, 2.75) is 6.42 Å². The molecule has 1 aromatic rings. The molecule has 1 aromatic carbocycles. The van der Waals surface area contributed by atoms with E-state index >= 15 is 0 Å². The van der Waals surface area contributed by atoms with Crippen LogP contribution in [0.25, 0.3) is 0 Å². The predicted octanol–water partition coefficient (Wildman–Crippen LogP) is 0.338. The maximum atomic E-state index is 11.6.